The maximum Gasteiger partial charge on any atom is 0.132 e. The molecule has 0 saturated heterocycles. The van der Waals surface area contributed by atoms with Crippen LogP contribution in [0.4, 0.5) is 9.39 Å². The van der Waals surface area contributed by atoms with Gasteiger partial charge in [-0.05, 0) is 23.8 Å². The normalized spacial score (nSPS) is 12.4. The van der Waals surface area contributed by atoms with Crippen molar-refractivity contribution in [2.75, 3.05) is 18.5 Å². The lowest BCUT2D eigenvalue weighted by molar-refractivity contribution is 0.219. The van der Waals surface area contributed by atoms with E-state index in [9.17, 15) is 9.50 Å². The van der Waals surface area contributed by atoms with Crippen LogP contribution < -0.4 is 5.32 Å². The van der Waals surface area contributed by atoms with Gasteiger partial charge in [0.25, 0.3) is 0 Å². The molecule has 1 aromatic carbocycles. The van der Waals surface area contributed by atoms with Crippen LogP contribution in [0.3, 0.4) is 0 Å². The van der Waals surface area contributed by atoms with Crippen molar-refractivity contribution in [1.29, 1.82) is 0 Å². The number of thiophene rings is 1. The summed E-state index contributed by atoms with van der Waals surface area (Å²) in [6.45, 7) is 0.428. The first-order valence-electron chi connectivity index (χ1n) is 8.14. The number of fused-ring (bicyclic) bond motifs is 1. The van der Waals surface area contributed by atoms with Gasteiger partial charge in [0.1, 0.15) is 23.3 Å². The number of aromatic nitrogens is 3. The number of aliphatic hydroxyl groups is 2. The average molecular weight is 402 g/mol. The Labute approximate surface area is 162 Å². The zero-order chi connectivity index (χ0) is 18.8. The van der Waals surface area contributed by atoms with E-state index in [0.29, 0.717) is 33.9 Å². The Hall–Kier alpha value is -2.46. The first kappa shape index (κ1) is 17.9. The van der Waals surface area contributed by atoms with Gasteiger partial charge in [0.15, 0.2) is 0 Å². The molecule has 0 radical (unpaired) electrons. The van der Waals surface area contributed by atoms with Gasteiger partial charge in [0.05, 0.1) is 27.5 Å². The highest BCUT2D eigenvalue weighted by Gasteiger charge is 2.19. The summed E-state index contributed by atoms with van der Waals surface area (Å²) in [6, 6.07) is 6.32. The smallest absolute Gasteiger partial charge is 0.132 e. The van der Waals surface area contributed by atoms with Crippen molar-refractivity contribution in [2.24, 2.45) is 0 Å². The summed E-state index contributed by atoms with van der Waals surface area (Å²) in [7, 11) is 0. The van der Waals surface area contributed by atoms with Crippen molar-refractivity contribution in [2.45, 2.75) is 6.10 Å². The molecule has 0 amide bonds. The fourth-order valence-electron chi connectivity index (χ4n) is 2.72. The number of anilines is 1. The van der Waals surface area contributed by atoms with Crippen molar-refractivity contribution in [3.05, 3.63) is 58.6 Å². The van der Waals surface area contributed by atoms with Crippen molar-refractivity contribution in [3.63, 3.8) is 0 Å². The predicted octanol–water partition coefficient (Wildman–Crippen LogP) is 3.44. The summed E-state index contributed by atoms with van der Waals surface area (Å²) in [5, 5.41) is 25.7. The molecule has 0 saturated carbocycles. The molecule has 9 heteroatoms. The molecule has 0 aliphatic heterocycles. The van der Waals surface area contributed by atoms with Crippen LogP contribution in [0.15, 0.2) is 42.2 Å². The van der Waals surface area contributed by atoms with Crippen molar-refractivity contribution >= 4 is 37.9 Å². The van der Waals surface area contributed by atoms with Gasteiger partial charge < -0.3 is 15.5 Å². The van der Waals surface area contributed by atoms with Gasteiger partial charge in [0, 0.05) is 23.7 Å². The number of nitrogens with zero attached hydrogens (tertiary/aromatic N) is 3. The zero-order valence-corrected chi connectivity index (χ0v) is 15.6. The molecule has 3 N–H and O–H groups in total. The second kappa shape index (κ2) is 7.65. The molecule has 1 atom stereocenters. The summed E-state index contributed by atoms with van der Waals surface area (Å²) < 4.78 is 15.3. The van der Waals surface area contributed by atoms with E-state index in [-0.39, 0.29) is 6.61 Å². The Morgan fingerprint density at radius 1 is 1.19 bits per heavy atom. The molecule has 0 fully saturated rings. The summed E-state index contributed by atoms with van der Waals surface area (Å²) in [4.78, 5) is 12.6. The maximum atomic E-state index is 14.6. The molecule has 3 aromatic heterocycles. The van der Waals surface area contributed by atoms with E-state index >= 15 is 0 Å². The standard InChI is InChI=1S/C18H15FN4O2S2/c19-12-2-1-10(16(25)18-21-4-6-26-18)7-11(12)15-17-13(22-9-23-15)8-14(27-17)20-3-5-24/h1-2,4,6-9,16,20,24-25H,3,5H2. The second-order valence-corrected chi connectivity index (χ2v) is 7.69. The number of benzene rings is 1. The summed E-state index contributed by atoms with van der Waals surface area (Å²) in [6.07, 6.45) is 2.09. The van der Waals surface area contributed by atoms with E-state index in [0.717, 1.165) is 9.70 Å². The fraction of sp³-hybridized carbons (Fsp3) is 0.167. The molecule has 0 spiro atoms. The molecular weight excluding hydrogens is 387 g/mol. The summed E-state index contributed by atoms with van der Waals surface area (Å²) >= 11 is 2.73. The van der Waals surface area contributed by atoms with Crippen LogP contribution in [0.5, 0.6) is 0 Å². The lowest BCUT2D eigenvalue weighted by Crippen LogP contribution is -2.03. The van der Waals surface area contributed by atoms with Crippen LogP contribution in [0.25, 0.3) is 21.5 Å². The Morgan fingerprint density at radius 3 is 2.85 bits per heavy atom. The molecule has 0 aliphatic carbocycles. The topological polar surface area (TPSA) is 91.2 Å². The van der Waals surface area contributed by atoms with E-state index in [2.05, 4.69) is 20.3 Å². The van der Waals surface area contributed by atoms with Crippen LogP contribution in [-0.4, -0.2) is 38.3 Å². The third kappa shape index (κ3) is 3.54. The van der Waals surface area contributed by atoms with Crippen LogP contribution >= 0.6 is 22.7 Å². The first-order valence-corrected chi connectivity index (χ1v) is 9.83. The van der Waals surface area contributed by atoms with Crippen LogP contribution in [0, 0.1) is 5.82 Å². The molecule has 138 valence electrons. The molecule has 0 bridgehead atoms. The third-order valence-corrected chi connectivity index (χ3v) is 5.89. The SMILES string of the molecule is OCCNc1cc2ncnc(-c3cc(C(O)c4nccs4)ccc3F)c2s1. The van der Waals surface area contributed by atoms with E-state index in [4.69, 9.17) is 5.11 Å². The van der Waals surface area contributed by atoms with E-state index in [1.165, 1.54) is 35.1 Å². The van der Waals surface area contributed by atoms with Crippen molar-refractivity contribution < 1.29 is 14.6 Å². The average Bonchev–Trinajstić information content (AvgIpc) is 3.35. The molecule has 27 heavy (non-hydrogen) atoms. The Kier molecular flexibility index (Phi) is 5.08. The zero-order valence-electron chi connectivity index (χ0n) is 14.0. The number of halogens is 1. The molecule has 4 rings (SSSR count). The van der Waals surface area contributed by atoms with Crippen molar-refractivity contribution in [1.82, 2.24) is 15.0 Å². The fourth-order valence-corrected chi connectivity index (χ4v) is 4.41. The Bertz CT molecular complexity index is 1070. The monoisotopic (exact) mass is 402 g/mol. The van der Waals surface area contributed by atoms with Gasteiger partial charge in [-0.3, -0.25) is 0 Å². The summed E-state index contributed by atoms with van der Waals surface area (Å²) in [5.41, 5.74) is 2.00. The highest BCUT2D eigenvalue weighted by molar-refractivity contribution is 7.23. The van der Waals surface area contributed by atoms with E-state index in [1.54, 1.807) is 23.7 Å². The number of thiazole rings is 1. The number of aliphatic hydroxyl groups excluding tert-OH is 2. The quantitative estimate of drug-likeness (QED) is 0.458. The maximum absolute atomic E-state index is 14.6. The minimum atomic E-state index is -0.924. The van der Waals surface area contributed by atoms with Gasteiger partial charge in [0.2, 0.25) is 0 Å². The van der Waals surface area contributed by atoms with Crippen molar-refractivity contribution in [3.8, 4) is 11.3 Å². The van der Waals surface area contributed by atoms with Gasteiger partial charge in [-0.15, -0.1) is 22.7 Å². The van der Waals surface area contributed by atoms with E-state index in [1.807, 2.05) is 6.07 Å². The van der Waals surface area contributed by atoms with Crippen LogP contribution in [0.1, 0.15) is 16.7 Å². The van der Waals surface area contributed by atoms with Crippen LogP contribution in [-0.2, 0) is 0 Å². The molecule has 4 aromatic rings. The number of hydrogen-bond donors (Lipinski definition) is 3. The first-order chi connectivity index (χ1) is 13.2. The number of hydrogen-bond acceptors (Lipinski definition) is 8. The lowest BCUT2D eigenvalue weighted by Gasteiger charge is -2.11. The van der Waals surface area contributed by atoms with Gasteiger partial charge in [-0.25, -0.2) is 19.3 Å². The molecule has 0 aliphatic rings. The minimum Gasteiger partial charge on any atom is -0.395 e. The van der Waals surface area contributed by atoms with E-state index < -0.39 is 11.9 Å². The summed E-state index contributed by atoms with van der Waals surface area (Å²) in [5.74, 6) is -0.427. The number of nitrogens with one attached hydrogen (secondary N) is 1. The minimum absolute atomic E-state index is 0.0120. The molecule has 1 unspecified atom stereocenters. The van der Waals surface area contributed by atoms with Gasteiger partial charge in [-0.1, -0.05) is 6.07 Å². The largest absolute Gasteiger partial charge is 0.395 e. The highest BCUT2D eigenvalue weighted by atomic mass is 32.1. The highest BCUT2D eigenvalue weighted by Crippen LogP contribution is 2.37. The Morgan fingerprint density at radius 2 is 2.07 bits per heavy atom. The molecule has 6 nitrogen and oxygen atoms in total. The molecular formula is C18H15FN4O2S2. The predicted molar refractivity (Wildman–Crippen MR) is 105 cm³/mol. The van der Waals surface area contributed by atoms with Crippen LogP contribution in [0.2, 0.25) is 0 Å². The molecule has 3 heterocycles. The van der Waals surface area contributed by atoms with Gasteiger partial charge >= 0.3 is 0 Å². The lowest BCUT2D eigenvalue weighted by atomic mass is 10.0. The Balaban J connectivity index is 1.78. The third-order valence-electron chi connectivity index (χ3n) is 3.97. The second-order valence-electron chi connectivity index (χ2n) is 5.71. The van der Waals surface area contributed by atoms with Gasteiger partial charge in [-0.2, -0.15) is 0 Å². The number of rotatable bonds is 6.